The van der Waals surface area contributed by atoms with Crippen molar-refractivity contribution in [2.75, 3.05) is 19.8 Å². The van der Waals surface area contributed by atoms with Gasteiger partial charge in [0.15, 0.2) is 9.84 Å². The molecule has 1 unspecified atom stereocenters. The van der Waals surface area contributed by atoms with Crippen LogP contribution in [0.2, 0.25) is 0 Å². The molecule has 0 aromatic heterocycles. The Kier molecular flexibility index (Phi) is 7.86. The van der Waals surface area contributed by atoms with E-state index in [9.17, 15) is 53.4 Å². The number of rotatable bonds is 5. The van der Waals surface area contributed by atoms with Crippen molar-refractivity contribution in [2.45, 2.75) is 71.9 Å². The Morgan fingerprint density at radius 1 is 0.953 bits per heavy atom. The van der Waals surface area contributed by atoms with Crippen molar-refractivity contribution in [1.82, 2.24) is 4.90 Å². The van der Waals surface area contributed by atoms with Gasteiger partial charge in [-0.2, -0.15) is 26.3 Å². The molecule has 2 saturated heterocycles. The van der Waals surface area contributed by atoms with E-state index in [0.29, 0.717) is 32.1 Å². The second kappa shape index (κ2) is 10.7. The normalized spacial score (nSPS) is 24.4. The van der Waals surface area contributed by atoms with E-state index >= 15 is 0 Å². The van der Waals surface area contributed by atoms with E-state index in [2.05, 4.69) is 0 Å². The van der Waals surface area contributed by atoms with Gasteiger partial charge in [0.2, 0.25) is 0 Å². The summed E-state index contributed by atoms with van der Waals surface area (Å²) in [5.41, 5.74) is -7.91. The fraction of sp³-hybridized carbons (Fsp3) is 0.536. The van der Waals surface area contributed by atoms with Crippen molar-refractivity contribution >= 4 is 15.7 Å². The van der Waals surface area contributed by atoms with E-state index in [1.807, 2.05) is 0 Å². The molecule has 43 heavy (non-hydrogen) atoms. The van der Waals surface area contributed by atoms with Crippen LogP contribution in [0, 0.1) is 11.7 Å². The van der Waals surface area contributed by atoms with E-state index in [4.69, 9.17) is 4.74 Å². The van der Waals surface area contributed by atoms with Gasteiger partial charge in [0.1, 0.15) is 16.7 Å². The summed E-state index contributed by atoms with van der Waals surface area (Å²) in [7, 11) is -4.61. The SMILES string of the molecule is O=C(C(O)C1CCOCC1)N1CC[C@@]2(S(=O)(=O)c3ccc(F)cc3)c3ccc(C(F)(C(F)(F)F)C(F)(F)F)cc3CC[C@@H]12. The summed E-state index contributed by atoms with van der Waals surface area (Å²) < 4.78 is 142. The highest BCUT2D eigenvalue weighted by atomic mass is 32.2. The molecule has 15 heteroatoms. The largest absolute Gasteiger partial charge is 0.435 e. The van der Waals surface area contributed by atoms with Crippen LogP contribution in [0.5, 0.6) is 0 Å². The molecule has 2 aromatic carbocycles. The van der Waals surface area contributed by atoms with Crippen molar-refractivity contribution < 1.29 is 58.2 Å². The fourth-order valence-electron chi connectivity index (χ4n) is 6.72. The number of fused-ring (bicyclic) bond motifs is 3. The number of hydrogen-bond acceptors (Lipinski definition) is 5. The van der Waals surface area contributed by atoms with E-state index in [-0.39, 0.29) is 47.9 Å². The summed E-state index contributed by atoms with van der Waals surface area (Å²) in [6.07, 6.45) is -14.3. The molecule has 3 atom stereocenters. The molecule has 2 aliphatic heterocycles. The monoisotopic (exact) mass is 641 g/mol. The second-order valence-corrected chi connectivity index (χ2v) is 13.3. The maximum Gasteiger partial charge on any atom is 0.435 e. The highest BCUT2D eigenvalue weighted by Gasteiger charge is 2.74. The lowest BCUT2D eigenvalue weighted by molar-refractivity contribution is -0.348. The van der Waals surface area contributed by atoms with E-state index < -0.39 is 68.0 Å². The maximum absolute atomic E-state index is 14.9. The Morgan fingerprint density at radius 3 is 2.14 bits per heavy atom. The molecule has 1 N–H and O–H groups in total. The summed E-state index contributed by atoms with van der Waals surface area (Å²) in [6, 6.07) is 3.92. The van der Waals surface area contributed by atoms with Gasteiger partial charge >= 0.3 is 18.0 Å². The van der Waals surface area contributed by atoms with Gasteiger partial charge in [-0.15, -0.1) is 0 Å². The second-order valence-electron chi connectivity index (χ2n) is 11.1. The van der Waals surface area contributed by atoms with Gasteiger partial charge in [-0.25, -0.2) is 17.2 Å². The number of hydrogen-bond donors (Lipinski definition) is 1. The highest BCUT2D eigenvalue weighted by molar-refractivity contribution is 7.92. The summed E-state index contributed by atoms with van der Waals surface area (Å²) in [6.45, 7) is 0.412. The molecule has 1 aliphatic carbocycles. The molecule has 2 heterocycles. The van der Waals surface area contributed by atoms with Crippen molar-refractivity contribution in [3.8, 4) is 0 Å². The molecule has 3 aliphatic rings. The van der Waals surface area contributed by atoms with Crippen LogP contribution in [-0.2, 0) is 36.2 Å². The van der Waals surface area contributed by atoms with Crippen molar-refractivity contribution in [1.29, 1.82) is 0 Å². The summed E-state index contributed by atoms with van der Waals surface area (Å²) in [5, 5.41) is 10.9. The van der Waals surface area contributed by atoms with Crippen LogP contribution >= 0.6 is 0 Å². The zero-order valence-corrected chi connectivity index (χ0v) is 23.2. The maximum atomic E-state index is 14.9. The van der Waals surface area contributed by atoms with E-state index in [1.165, 1.54) is 4.90 Å². The molecule has 2 fully saturated rings. The summed E-state index contributed by atoms with van der Waals surface area (Å²) in [5.74, 6) is -1.99. The highest BCUT2D eigenvalue weighted by Crippen LogP contribution is 2.56. The van der Waals surface area contributed by atoms with Crippen LogP contribution in [0.3, 0.4) is 0 Å². The number of carbonyl (C=O) groups excluding carboxylic acids is 1. The lowest BCUT2D eigenvalue weighted by atomic mass is 9.76. The van der Waals surface area contributed by atoms with E-state index in [0.717, 1.165) is 30.3 Å². The minimum absolute atomic E-state index is 0.181. The molecule has 0 bridgehead atoms. The first-order chi connectivity index (χ1) is 20.0. The zero-order valence-electron chi connectivity index (χ0n) is 22.4. The van der Waals surface area contributed by atoms with Crippen LogP contribution < -0.4 is 0 Å². The molecule has 5 rings (SSSR count). The molecule has 236 valence electrons. The van der Waals surface area contributed by atoms with Crippen LogP contribution in [0.1, 0.15) is 42.4 Å². The van der Waals surface area contributed by atoms with Crippen LogP contribution in [-0.4, -0.2) is 68.6 Å². The standard InChI is InChI=1S/C28H27F8NO5S/c29-19-3-5-20(6-4-19)43(40,41)25-11-12-37(24(39)23(38)16-9-13-42-14-10-16)22(25)8-1-17-15-18(2-7-21(17)25)26(30,27(31,32)33)28(34,35)36/h2-7,15-16,22-23,38H,1,8-14H2/t22-,23?,25-/m1/s1. The minimum Gasteiger partial charge on any atom is -0.383 e. The zero-order chi connectivity index (χ0) is 31.6. The van der Waals surface area contributed by atoms with Crippen molar-refractivity contribution in [2.24, 2.45) is 5.92 Å². The summed E-state index contributed by atoms with van der Waals surface area (Å²) >= 11 is 0. The fourth-order valence-corrected chi connectivity index (χ4v) is 9.09. The third-order valence-electron chi connectivity index (χ3n) is 8.92. The smallest absolute Gasteiger partial charge is 0.383 e. The van der Waals surface area contributed by atoms with Gasteiger partial charge in [0.25, 0.3) is 5.91 Å². The van der Waals surface area contributed by atoms with Gasteiger partial charge in [0.05, 0.1) is 10.9 Å². The Bertz CT molecular complexity index is 1470. The number of sulfone groups is 1. The van der Waals surface area contributed by atoms with Crippen LogP contribution in [0.15, 0.2) is 47.4 Å². The van der Waals surface area contributed by atoms with Gasteiger partial charge in [0, 0.05) is 25.3 Å². The first-order valence-electron chi connectivity index (χ1n) is 13.5. The average Bonchev–Trinajstić information content (AvgIpc) is 3.37. The first-order valence-corrected chi connectivity index (χ1v) is 15.0. The predicted molar refractivity (Wildman–Crippen MR) is 135 cm³/mol. The number of carbonyl (C=O) groups is 1. The number of benzene rings is 2. The third kappa shape index (κ3) is 4.82. The molecule has 0 radical (unpaired) electrons. The number of halogens is 8. The Balaban J connectivity index is 1.65. The molecule has 6 nitrogen and oxygen atoms in total. The number of alkyl halides is 7. The average molecular weight is 642 g/mol. The topological polar surface area (TPSA) is 83.9 Å². The third-order valence-corrected chi connectivity index (χ3v) is 11.5. The molecule has 2 aromatic rings. The lowest BCUT2D eigenvalue weighted by Crippen LogP contribution is -2.55. The number of likely N-dealkylation sites (tertiary alicyclic amines) is 1. The number of amides is 1. The number of aryl methyl sites for hydroxylation is 1. The first kappa shape index (κ1) is 31.6. The Hall–Kier alpha value is -2.78. The Morgan fingerprint density at radius 2 is 1.56 bits per heavy atom. The summed E-state index contributed by atoms with van der Waals surface area (Å²) in [4.78, 5) is 14.4. The predicted octanol–water partition coefficient (Wildman–Crippen LogP) is 5.12. The Labute approximate surface area is 241 Å². The van der Waals surface area contributed by atoms with E-state index in [1.54, 1.807) is 0 Å². The van der Waals surface area contributed by atoms with Gasteiger partial charge in [-0.05, 0) is 73.4 Å². The minimum atomic E-state index is -6.37. The van der Waals surface area contributed by atoms with Crippen molar-refractivity contribution in [3.63, 3.8) is 0 Å². The van der Waals surface area contributed by atoms with Gasteiger partial charge in [-0.3, -0.25) is 4.79 Å². The molecule has 0 saturated carbocycles. The number of ether oxygens (including phenoxy) is 1. The molecule has 1 amide bonds. The van der Waals surface area contributed by atoms with Crippen LogP contribution in [0.25, 0.3) is 0 Å². The number of aliphatic hydroxyl groups excluding tert-OH is 1. The van der Waals surface area contributed by atoms with Crippen molar-refractivity contribution in [3.05, 3.63) is 65.0 Å². The molecular formula is C28H27F8NO5S. The lowest BCUT2D eigenvalue weighted by Gasteiger charge is -2.43. The molecule has 0 spiro atoms. The molecular weight excluding hydrogens is 614 g/mol. The van der Waals surface area contributed by atoms with Crippen LogP contribution in [0.4, 0.5) is 35.1 Å². The number of aliphatic hydroxyl groups is 1. The number of nitrogens with zero attached hydrogens (tertiary/aromatic N) is 1. The van der Waals surface area contributed by atoms with Gasteiger partial charge in [-0.1, -0.05) is 18.2 Å². The quantitative estimate of drug-likeness (QED) is 0.362. The van der Waals surface area contributed by atoms with Gasteiger partial charge < -0.3 is 14.7 Å².